The first-order valence-corrected chi connectivity index (χ1v) is 10.4. The highest BCUT2D eigenvalue weighted by Crippen LogP contribution is 2.32. The number of alkyl halides is 2. The molecule has 11 heteroatoms. The van der Waals surface area contributed by atoms with E-state index in [0.717, 1.165) is 16.7 Å². The molecular formula is C22H20F2N2O6S. The van der Waals surface area contributed by atoms with Crippen LogP contribution in [-0.2, 0) is 4.79 Å². The Balaban J connectivity index is 1.59. The summed E-state index contributed by atoms with van der Waals surface area (Å²) in [7, 11) is 2.94. The third-order valence-corrected chi connectivity index (χ3v) is 5.42. The molecule has 1 aliphatic heterocycles. The van der Waals surface area contributed by atoms with Crippen LogP contribution in [0, 0.1) is 0 Å². The Morgan fingerprint density at radius 1 is 1.06 bits per heavy atom. The summed E-state index contributed by atoms with van der Waals surface area (Å²) in [5, 5.41) is 2.18. The van der Waals surface area contributed by atoms with E-state index in [9.17, 15) is 23.2 Å². The number of hydrogen-bond donors (Lipinski definition) is 1. The Morgan fingerprint density at radius 3 is 2.27 bits per heavy atom. The topological polar surface area (TPSA) is 94.2 Å². The molecule has 8 nitrogen and oxygen atoms in total. The smallest absolute Gasteiger partial charge is 0.387 e. The number of methoxy groups -OCH3 is 2. The van der Waals surface area contributed by atoms with Crippen LogP contribution < -0.4 is 19.5 Å². The maximum atomic E-state index is 12.6. The van der Waals surface area contributed by atoms with Crippen LogP contribution in [0.1, 0.15) is 15.9 Å². The Kier molecular flexibility index (Phi) is 7.88. The van der Waals surface area contributed by atoms with Gasteiger partial charge in [-0.2, -0.15) is 8.78 Å². The van der Waals surface area contributed by atoms with Gasteiger partial charge >= 0.3 is 6.61 Å². The fourth-order valence-electron chi connectivity index (χ4n) is 2.91. The van der Waals surface area contributed by atoms with Crippen LogP contribution in [0.25, 0.3) is 6.08 Å². The van der Waals surface area contributed by atoms with E-state index < -0.39 is 23.7 Å². The first-order chi connectivity index (χ1) is 15.8. The summed E-state index contributed by atoms with van der Waals surface area (Å²) in [6.07, 6.45) is 1.48. The van der Waals surface area contributed by atoms with Gasteiger partial charge < -0.3 is 19.5 Å². The molecule has 2 aromatic carbocycles. The summed E-state index contributed by atoms with van der Waals surface area (Å²) in [5.41, 5.74) is 0.849. The molecule has 1 saturated heterocycles. The number of carbonyl (C=O) groups excluding carboxylic acids is 3. The summed E-state index contributed by atoms with van der Waals surface area (Å²) < 4.78 is 39.0. The number of nitrogens with zero attached hydrogens (tertiary/aromatic N) is 1. The number of hydrogen-bond acceptors (Lipinski definition) is 7. The maximum absolute atomic E-state index is 12.6. The molecule has 0 unspecified atom stereocenters. The first-order valence-electron chi connectivity index (χ1n) is 9.62. The lowest BCUT2D eigenvalue weighted by Gasteiger charge is -2.13. The van der Waals surface area contributed by atoms with Crippen molar-refractivity contribution in [2.45, 2.75) is 6.61 Å². The molecule has 3 rings (SSSR count). The number of ether oxygens (including phenoxy) is 3. The van der Waals surface area contributed by atoms with Gasteiger partial charge in [-0.1, -0.05) is 12.1 Å². The molecule has 0 atom stereocenters. The summed E-state index contributed by atoms with van der Waals surface area (Å²) in [4.78, 5) is 38.5. The average molecular weight is 478 g/mol. The Labute approximate surface area is 192 Å². The van der Waals surface area contributed by atoms with Gasteiger partial charge in [-0.3, -0.25) is 19.3 Å². The van der Waals surface area contributed by atoms with Crippen LogP contribution in [0.5, 0.6) is 17.2 Å². The molecule has 1 fully saturated rings. The van der Waals surface area contributed by atoms with E-state index in [2.05, 4.69) is 10.1 Å². The lowest BCUT2D eigenvalue weighted by Crippen LogP contribution is -2.37. The molecular weight excluding hydrogens is 458 g/mol. The highest BCUT2D eigenvalue weighted by Gasteiger charge is 2.34. The van der Waals surface area contributed by atoms with E-state index in [1.54, 1.807) is 18.2 Å². The van der Waals surface area contributed by atoms with Crippen LogP contribution in [0.3, 0.4) is 0 Å². The molecule has 1 aliphatic rings. The van der Waals surface area contributed by atoms with E-state index in [-0.39, 0.29) is 23.7 Å². The quantitative estimate of drug-likeness (QED) is 0.549. The number of amides is 3. The van der Waals surface area contributed by atoms with E-state index in [0.29, 0.717) is 22.6 Å². The van der Waals surface area contributed by atoms with Crippen molar-refractivity contribution >= 4 is 34.9 Å². The van der Waals surface area contributed by atoms with Gasteiger partial charge in [-0.25, -0.2) is 0 Å². The van der Waals surface area contributed by atoms with E-state index >= 15 is 0 Å². The van der Waals surface area contributed by atoms with Gasteiger partial charge in [0.05, 0.1) is 19.1 Å². The highest BCUT2D eigenvalue weighted by atomic mass is 32.2. The largest absolute Gasteiger partial charge is 0.497 e. The van der Waals surface area contributed by atoms with E-state index in [1.165, 1.54) is 44.6 Å². The van der Waals surface area contributed by atoms with E-state index in [1.807, 2.05) is 0 Å². The van der Waals surface area contributed by atoms with Gasteiger partial charge in [0.1, 0.15) is 17.2 Å². The summed E-state index contributed by atoms with van der Waals surface area (Å²) in [5.74, 6) is -0.0376. The van der Waals surface area contributed by atoms with Crippen molar-refractivity contribution in [3.05, 3.63) is 58.5 Å². The molecule has 0 radical (unpaired) electrons. The fraction of sp³-hybridized carbons (Fsp3) is 0.227. The zero-order chi connectivity index (χ0) is 24.0. The number of imide groups is 1. The Bertz CT molecular complexity index is 1050. The molecule has 0 spiro atoms. The normalized spacial score (nSPS) is 14.7. The minimum atomic E-state index is -2.93. The third kappa shape index (κ3) is 6.22. The number of halogens is 2. The molecule has 33 heavy (non-hydrogen) atoms. The van der Waals surface area contributed by atoms with Gasteiger partial charge in [0.2, 0.25) is 0 Å². The monoisotopic (exact) mass is 478 g/mol. The summed E-state index contributed by atoms with van der Waals surface area (Å²) >= 11 is 0.758. The highest BCUT2D eigenvalue weighted by molar-refractivity contribution is 8.18. The maximum Gasteiger partial charge on any atom is 0.387 e. The van der Waals surface area contributed by atoms with Crippen LogP contribution in [0.15, 0.2) is 47.4 Å². The zero-order valence-corrected chi connectivity index (χ0v) is 18.5. The van der Waals surface area contributed by atoms with Gasteiger partial charge in [0, 0.05) is 24.7 Å². The predicted octanol–water partition coefficient (Wildman–Crippen LogP) is 3.77. The predicted molar refractivity (Wildman–Crippen MR) is 118 cm³/mol. The molecule has 1 N–H and O–H groups in total. The van der Waals surface area contributed by atoms with Gasteiger partial charge in [-0.15, -0.1) is 0 Å². The number of nitrogens with one attached hydrogen (secondary N) is 1. The molecule has 3 amide bonds. The van der Waals surface area contributed by atoms with Crippen molar-refractivity contribution in [3.63, 3.8) is 0 Å². The summed E-state index contributed by atoms with van der Waals surface area (Å²) in [6, 6.07) is 10.4. The summed E-state index contributed by atoms with van der Waals surface area (Å²) in [6.45, 7) is -2.90. The molecule has 2 aromatic rings. The molecule has 0 aliphatic carbocycles. The number of benzene rings is 2. The number of carbonyl (C=O) groups is 3. The lowest BCUT2D eigenvalue weighted by molar-refractivity contribution is -0.122. The number of rotatable bonds is 9. The van der Waals surface area contributed by atoms with Gasteiger partial charge in [0.15, 0.2) is 0 Å². The zero-order valence-electron chi connectivity index (χ0n) is 17.7. The first kappa shape index (κ1) is 24.1. The lowest BCUT2D eigenvalue weighted by atomic mass is 10.2. The van der Waals surface area contributed by atoms with Crippen molar-refractivity contribution in [3.8, 4) is 17.2 Å². The second-order valence-electron chi connectivity index (χ2n) is 6.64. The molecule has 0 bridgehead atoms. The minimum absolute atomic E-state index is 0.0142. The van der Waals surface area contributed by atoms with Crippen LogP contribution in [0.2, 0.25) is 0 Å². The van der Waals surface area contributed by atoms with Crippen molar-refractivity contribution in [2.24, 2.45) is 0 Å². The second-order valence-corrected chi connectivity index (χ2v) is 7.63. The van der Waals surface area contributed by atoms with Crippen molar-refractivity contribution in [2.75, 3.05) is 27.3 Å². The van der Waals surface area contributed by atoms with Gasteiger partial charge in [0.25, 0.3) is 17.1 Å². The Hall–Kier alpha value is -3.60. The second kappa shape index (κ2) is 10.8. The SMILES string of the molecule is COc1cc(OC)cc(C(=O)NCCN2C(=O)SC(=Cc3ccc(OC(F)F)cc3)C2=O)c1. The fourth-order valence-corrected chi connectivity index (χ4v) is 3.78. The third-order valence-electron chi connectivity index (χ3n) is 4.51. The van der Waals surface area contributed by atoms with Gasteiger partial charge in [-0.05, 0) is 47.7 Å². The van der Waals surface area contributed by atoms with Crippen molar-refractivity contribution in [1.29, 1.82) is 0 Å². The van der Waals surface area contributed by atoms with Crippen molar-refractivity contribution < 1.29 is 37.4 Å². The molecule has 1 heterocycles. The van der Waals surface area contributed by atoms with Crippen LogP contribution >= 0.6 is 11.8 Å². The van der Waals surface area contributed by atoms with E-state index in [4.69, 9.17) is 9.47 Å². The molecule has 174 valence electrons. The van der Waals surface area contributed by atoms with Crippen molar-refractivity contribution in [1.82, 2.24) is 10.2 Å². The Morgan fingerprint density at radius 2 is 1.70 bits per heavy atom. The molecule has 0 saturated carbocycles. The number of thioether (sulfide) groups is 1. The van der Waals surface area contributed by atoms with Crippen LogP contribution in [0.4, 0.5) is 13.6 Å². The average Bonchev–Trinajstić information content (AvgIpc) is 3.06. The van der Waals surface area contributed by atoms with Crippen LogP contribution in [-0.4, -0.2) is 55.9 Å². The standard InChI is InChI=1S/C22H20F2N2O6S/c1-30-16-10-14(11-17(12-16)31-2)19(27)25-7-8-26-20(28)18(33-22(26)29)9-13-3-5-15(6-4-13)32-21(23)24/h3-6,9-12,21H,7-8H2,1-2H3,(H,25,27). The minimum Gasteiger partial charge on any atom is -0.497 e. The molecule has 0 aromatic heterocycles.